The van der Waals surface area contributed by atoms with E-state index in [2.05, 4.69) is 4.99 Å². The topological polar surface area (TPSA) is 38.4 Å². The highest BCUT2D eigenvalue weighted by Crippen LogP contribution is 2.02. The van der Waals surface area contributed by atoms with Crippen LogP contribution in [0.4, 0.5) is 0 Å². The standard InChI is InChI=1S/C3H4N2S3/c4-3-5-1-2-8(3,6)7/h1-2H,(H2,4,5). The average molecular weight is 164 g/mol. The third-order valence-corrected chi connectivity index (χ3v) is 3.59. The lowest BCUT2D eigenvalue weighted by Crippen LogP contribution is -2.16. The summed E-state index contributed by atoms with van der Waals surface area (Å²) in [5.74, 6) is 0. The van der Waals surface area contributed by atoms with Crippen LogP contribution in [0.25, 0.3) is 0 Å². The van der Waals surface area contributed by atoms with E-state index in [0.717, 1.165) is 0 Å². The molecule has 0 saturated carbocycles. The van der Waals surface area contributed by atoms with Gasteiger partial charge in [0.25, 0.3) is 0 Å². The van der Waals surface area contributed by atoms with Crippen molar-refractivity contribution in [3.05, 3.63) is 11.6 Å². The molecule has 0 spiro atoms. The van der Waals surface area contributed by atoms with Crippen molar-refractivity contribution in [2.75, 3.05) is 0 Å². The van der Waals surface area contributed by atoms with Crippen LogP contribution < -0.4 is 5.73 Å². The maximum absolute atomic E-state index is 5.33. The van der Waals surface area contributed by atoms with Gasteiger partial charge in [-0.3, -0.25) is 0 Å². The first kappa shape index (κ1) is 6.12. The van der Waals surface area contributed by atoms with Crippen LogP contribution in [0, 0.1) is 0 Å². The number of rotatable bonds is 0. The van der Waals surface area contributed by atoms with Crippen molar-refractivity contribution in [3.8, 4) is 0 Å². The highest BCUT2D eigenvalue weighted by Gasteiger charge is 2.05. The third kappa shape index (κ3) is 0.888. The number of hydrogen-bond donors (Lipinski definition) is 1. The zero-order valence-corrected chi connectivity index (χ0v) is 6.35. The lowest BCUT2D eigenvalue weighted by Gasteiger charge is -1.92. The van der Waals surface area contributed by atoms with Crippen LogP contribution in [0.3, 0.4) is 0 Å². The van der Waals surface area contributed by atoms with Crippen molar-refractivity contribution in [2.24, 2.45) is 10.7 Å². The maximum atomic E-state index is 5.33. The molecule has 0 saturated heterocycles. The van der Waals surface area contributed by atoms with Crippen LogP contribution in [0.15, 0.2) is 16.6 Å². The molecule has 0 unspecified atom stereocenters. The van der Waals surface area contributed by atoms with Gasteiger partial charge in [0.05, 0.1) is 0 Å². The van der Waals surface area contributed by atoms with Gasteiger partial charge >= 0.3 is 0 Å². The quantitative estimate of drug-likeness (QED) is 0.542. The minimum absolute atomic E-state index is 0.419. The van der Waals surface area contributed by atoms with Gasteiger partial charge in [-0.1, -0.05) is 0 Å². The van der Waals surface area contributed by atoms with E-state index in [1.165, 1.54) is 0 Å². The molecule has 1 aliphatic heterocycles. The van der Waals surface area contributed by atoms with Crippen molar-refractivity contribution in [3.63, 3.8) is 0 Å². The number of nitrogens with two attached hydrogens (primary N) is 1. The molecule has 0 atom stereocenters. The molecule has 44 valence electrons. The minimum Gasteiger partial charge on any atom is -0.378 e. The molecule has 0 radical (unpaired) electrons. The van der Waals surface area contributed by atoms with E-state index < -0.39 is 7.15 Å². The van der Waals surface area contributed by atoms with Crippen molar-refractivity contribution >= 4 is 34.7 Å². The molecule has 1 aliphatic rings. The second-order valence-electron chi connectivity index (χ2n) is 1.30. The van der Waals surface area contributed by atoms with E-state index >= 15 is 0 Å². The summed E-state index contributed by atoms with van der Waals surface area (Å²) >= 11 is 9.77. The summed E-state index contributed by atoms with van der Waals surface area (Å²) in [6.07, 6.45) is 1.57. The SMILES string of the molecule is NC1=NC=CS1(=S)=S. The average Bonchev–Trinajstić information content (AvgIpc) is 1.86. The molecule has 0 fully saturated rings. The Bertz CT molecular complexity index is 246. The normalized spacial score (nSPS) is 23.2. The molecule has 0 aliphatic carbocycles. The Morgan fingerprint density at radius 1 is 1.62 bits per heavy atom. The van der Waals surface area contributed by atoms with Crippen LogP contribution >= 0.6 is 0 Å². The zero-order chi connectivity index (χ0) is 6.20. The molecule has 2 N–H and O–H groups in total. The molecule has 0 amide bonds. The van der Waals surface area contributed by atoms with Crippen molar-refractivity contribution in [1.29, 1.82) is 0 Å². The summed E-state index contributed by atoms with van der Waals surface area (Å²) < 4.78 is 0. The van der Waals surface area contributed by atoms with E-state index in [1.807, 2.05) is 0 Å². The molecular weight excluding hydrogens is 160 g/mol. The van der Waals surface area contributed by atoms with Crippen molar-refractivity contribution in [2.45, 2.75) is 0 Å². The Labute approximate surface area is 57.3 Å². The minimum atomic E-state index is -1.61. The van der Waals surface area contributed by atoms with Crippen LogP contribution in [-0.2, 0) is 29.5 Å². The van der Waals surface area contributed by atoms with Gasteiger partial charge < -0.3 is 5.73 Å². The first-order valence-corrected chi connectivity index (χ1v) is 5.42. The number of hydrogen-bond acceptors (Lipinski definition) is 4. The fourth-order valence-corrected chi connectivity index (χ4v) is 1.45. The van der Waals surface area contributed by atoms with E-state index in [9.17, 15) is 0 Å². The molecule has 0 aromatic heterocycles. The molecule has 5 heteroatoms. The molecule has 0 bridgehead atoms. The van der Waals surface area contributed by atoms with Crippen molar-refractivity contribution < 1.29 is 0 Å². The van der Waals surface area contributed by atoms with Gasteiger partial charge in [0.15, 0.2) is 5.17 Å². The van der Waals surface area contributed by atoms with Gasteiger partial charge in [-0.15, -0.1) is 0 Å². The van der Waals surface area contributed by atoms with E-state index in [-0.39, 0.29) is 0 Å². The third-order valence-electron chi connectivity index (χ3n) is 0.733. The number of aliphatic imine (C=N–C) groups is 1. The first-order chi connectivity index (χ1) is 3.63. The smallest absolute Gasteiger partial charge is 0.170 e. The summed E-state index contributed by atoms with van der Waals surface area (Å²) in [5.41, 5.74) is 5.33. The predicted octanol–water partition coefficient (Wildman–Crippen LogP) is -0.136. The first-order valence-electron chi connectivity index (χ1n) is 1.88. The Kier molecular flexibility index (Phi) is 1.34. The fraction of sp³-hybridized carbons (Fsp3) is 0. The zero-order valence-electron chi connectivity index (χ0n) is 3.90. The lowest BCUT2D eigenvalue weighted by molar-refractivity contribution is 1.58. The van der Waals surface area contributed by atoms with Gasteiger partial charge in [0.1, 0.15) is 0 Å². The maximum Gasteiger partial charge on any atom is 0.170 e. The molecular formula is C3H4N2S3. The summed E-state index contributed by atoms with van der Waals surface area (Å²) in [6, 6.07) is 0. The summed E-state index contributed by atoms with van der Waals surface area (Å²) in [6.45, 7) is 0. The predicted molar refractivity (Wildman–Crippen MR) is 42.9 cm³/mol. The van der Waals surface area contributed by atoms with Gasteiger partial charge in [-0.2, -0.15) is 0 Å². The number of amidine groups is 1. The van der Waals surface area contributed by atoms with Crippen molar-refractivity contribution in [1.82, 2.24) is 0 Å². The number of nitrogens with zero attached hydrogens (tertiary/aromatic N) is 1. The van der Waals surface area contributed by atoms with Gasteiger partial charge in [-0.05, 0) is 29.5 Å². The van der Waals surface area contributed by atoms with Gasteiger partial charge in [0, 0.05) is 11.6 Å². The molecule has 1 heterocycles. The van der Waals surface area contributed by atoms with Crippen LogP contribution in [0.5, 0.6) is 0 Å². The van der Waals surface area contributed by atoms with E-state index in [4.69, 9.17) is 28.1 Å². The largest absolute Gasteiger partial charge is 0.378 e. The molecule has 0 aromatic rings. The van der Waals surface area contributed by atoms with E-state index in [0.29, 0.717) is 5.17 Å². The molecule has 8 heavy (non-hydrogen) atoms. The Balaban J connectivity index is 3.26. The highest BCUT2D eigenvalue weighted by atomic mass is 33.1. The molecule has 2 nitrogen and oxygen atoms in total. The monoisotopic (exact) mass is 164 g/mol. The Hall–Kier alpha value is -0.0000000000000000555. The molecule has 0 aromatic carbocycles. The summed E-state index contributed by atoms with van der Waals surface area (Å²) in [5, 5.41) is 2.12. The second-order valence-corrected chi connectivity index (χ2v) is 6.87. The lowest BCUT2D eigenvalue weighted by atomic mass is 11.0. The van der Waals surface area contributed by atoms with Crippen LogP contribution in [-0.4, -0.2) is 5.17 Å². The summed E-state index contributed by atoms with van der Waals surface area (Å²) in [7, 11) is -1.61. The second kappa shape index (κ2) is 1.75. The van der Waals surface area contributed by atoms with Gasteiger partial charge in [0.2, 0.25) is 0 Å². The van der Waals surface area contributed by atoms with Crippen LogP contribution in [0.1, 0.15) is 0 Å². The van der Waals surface area contributed by atoms with Crippen LogP contribution in [0.2, 0.25) is 0 Å². The molecule has 1 rings (SSSR count). The summed E-state index contributed by atoms with van der Waals surface area (Å²) in [4.78, 5) is 3.73. The van der Waals surface area contributed by atoms with Gasteiger partial charge in [-0.25, -0.2) is 4.99 Å². The van der Waals surface area contributed by atoms with E-state index in [1.54, 1.807) is 11.6 Å². The Morgan fingerprint density at radius 2 is 2.25 bits per heavy atom. The highest BCUT2D eigenvalue weighted by molar-refractivity contribution is 8.64. The fourth-order valence-electron chi connectivity index (χ4n) is 0.327. The Morgan fingerprint density at radius 3 is 2.38 bits per heavy atom.